The molecule has 0 atom stereocenters. The molecule has 2 heterocycles. The average molecular weight is 301 g/mol. The molecule has 1 fully saturated rings. The van der Waals surface area contributed by atoms with Crippen LogP contribution in [0.4, 0.5) is 0 Å². The Kier molecular flexibility index (Phi) is 4.79. The second-order valence-electron chi connectivity index (χ2n) is 5.00. The maximum Gasteiger partial charge on any atom is 0.262 e. The van der Waals surface area contributed by atoms with Crippen LogP contribution < -0.4 is 5.32 Å². The maximum atomic E-state index is 12.7. The number of likely N-dealkylation sites (N-methyl/N-ethyl adjacent to an activating group) is 1. The Hall–Kier alpha value is -0.960. The summed E-state index contributed by atoms with van der Waals surface area (Å²) < 4.78 is 26.9. The molecule has 20 heavy (non-hydrogen) atoms. The molecule has 1 saturated heterocycles. The lowest BCUT2D eigenvalue weighted by Gasteiger charge is -2.32. The lowest BCUT2D eigenvalue weighted by molar-refractivity contribution is 0.196. The Morgan fingerprint density at radius 1 is 1.30 bits per heavy atom. The van der Waals surface area contributed by atoms with E-state index in [9.17, 15) is 8.42 Å². The number of aromatic amines is 1. The Labute approximate surface area is 120 Å². The van der Waals surface area contributed by atoms with Crippen molar-refractivity contribution in [3.8, 4) is 0 Å². The second-order valence-corrected chi connectivity index (χ2v) is 6.85. The van der Waals surface area contributed by atoms with Crippen LogP contribution in [0.5, 0.6) is 0 Å². The summed E-state index contributed by atoms with van der Waals surface area (Å²) in [7, 11) is -1.71. The van der Waals surface area contributed by atoms with Crippen LogP contribution in [0, 0.1) is 6.92 Å². The molecule has 0 amide bonds. The summed E-state index contributed by atoms with van der Waals surface area (Å²) in [5.41, 5.74) is 1.52. The van der Waals surface area contributed by atoms with Gasteiger partial charge in [0, 0.05) is 44.0 Å². The number of nitrogens with zero attached hydrogens (tertiary/aromatic N) is 3. The Morgan fingerprint density at radius 3 is 2.50 bits per heavy atom. The van der Waals surface area contributed by atoms with Crippen LogP contribution in [-0.4, -0.2) is 67.6 Å². The van der Waals surface area contributed by atoms with Crippen molar-refractivity contribution in [2.75, 3.05) is 39.8 Å². The normalized spacial score (nSPS) is 18.6. The molecule has 1 aromatic heterocycles. The van der Waals surface area contributed by atoms with Crippen molar-refractivity contribution in [2.24, 2.45) is 0 Å². The van der Waals surface area contributed by atoms with Gasteiger partial charge >= 0.3 is 0 Å². The van der Waals surface area contributed by atoms with Crippen LogP contribution in [0.1, 0.15) is 18.2 Å². The molecule has 0 radical (unpaired) electrons. The molecule has 0 unspecified atom stereocenters. The molecular weight excluding hydrogens is 278 g/mol. The van der Waals surface area contributed by atoms with E-state index in [4.69, 9.17) is 0 Å². The lowest BCUT2D eigenvalue weighted by Crippen LogP contribution is -2.48. The molecule has 0 saturated carbocycles. The molecule has 1 aliphatic rings. The zero-order chi connectivity index (χ0) is 14.8. The van der Waals surface area contributed by atoms with Gasteiger partial charge in [0.15, 0.2) is 5.03 Å². The van der Waals surface area contributed by atoms with E-state index in [-0.39, 0.29) is 5.03 Å². The minimum atomic E-state index is -3.50. The van der Waals surface area contributed by atoms with Crippen molar-refractivity contribution in [2.45, 2.75) is 25.4 Å². The molecule has 0 spiro atoms. The van der Waals surface area contributed by atoms with Crippen LogP contribution in [-0.2, 0) is 16.6 Å². The van der Waals surface area contributed by atoms with Crippen LogP contribution in [0.15, 0.2) is 5.03 Å². The fraction of sp³-hybridized carbons (Fsp3) is 0.750. The first kappa shape index (κ1) is 15.4. The van der Waals surface area contributed by atoms with Gasteiger partial charge in [0.25, 0.3) is 10.0 Å². The summed E-state index contributed by atoms with van der Waals surface area (Å²) in [5.74, 6) is 0. The van der Waals surface area contributed by atoms with Gasteiger partial charge in [-0.1, -0.05) is 6.92 Å². The summed E-state index contributed by atoms with van der Waals surface area (Å²) in [4.78, 5) is 2.25. The second kappa shape index (κ2) is 6.21. The molecule has 1 aliphatic heterocycles. The monoisotopic (exact) mass is 301 g/mol. The van der Waals surface area contributed by atoms with E-state index in [2.05, 4.69) is 27.3 Å². The van der Waals surface area contributed by atoms with Crippen molar-refractivity contribution < 1.29 is 8.42 Å². The summed E-state index contributed by atoms with van der Waals surface area (Å²) in [6.07, 6.45) is 0. The quantitative estimate of drug-likeness (QED) is 0.785. The van der Waals surface area contributed by atoms with E-state index in [1.807, 2.05) is 6.92 Å². The molecule has 1 aromatic rings. The molecule has 114 valence electrons. The van der Waals surface area contributed by atoms with E-state index in [0.29, 0.717) is 19.6 Å². The lowest BCUT2D eigenvalue weighted by atomic mass is 10.3. The molecule has 2 rings (SSSR count). The van der Waals surface area contributed by atoms with Gasteiger partial charge in [0.05, 0.1) is 0 Å². The summed E-state index contributed by atoms with van der Waals surface area (Å²) in [5, 5.41) is 9.95. The highest BCUT2D eigenvalue weighted by molar-refractivity contribution is 7.89. The van der Waals surface area contributed by atoms with Crippen molar-refractivity contribution in [1.29, 1.82) is 0 Å². The number of H-pyrrole nitrogens is 1. The molecule has 0 bridgehead atoms. The van der Waals surface area contributed by atoms with Crippen LogP contribution in [0.2, 0.25) is 0 Å². The zero-order valence-corrected chi connectivity index (χ0v) is 13.1. The predicted octanol–water partition coefficient (Wildman–Crippen LogP) is -0.236. The fourth-order valence-electron chi connectivity index (χ4n) is 2.44. The Morgan fingerprint density at radius 2 is 1.95 bits per heavy atom. The highest BCUT2D eigenvalue weighted by atomic mass is 32.2. The summed E-state index contributed by atoms with van der Waals surface area (Å²) in [6.45, 7) is 8.00. The number of hydrogen-bond donors (Lipinski definition) is 2. The molecule has 8 heteroatoms. The first-order valence-corrected chi connectivity index (χ1v) is 8.35. The topological polar surface area (TPSA) is 81.3 Å². The number of sulfonamides is 1. The van der Waals surface area contributed by atoms with Gasteiger partial charge < -0.3 is 10.2 Å². The predicted molar refractivity (Wildman–Crippen MR) is 77.0 cm³/mol. The van der Waals surface area contributed by atoms with E-state index in [1.165, 1.54) is 4.31 Å². The average Bonchev–Trinajstić information content (AvgIpc) is 2.81. The van der Waals surface area contributed by atoms with Crippen molar-refractivity contribution in [1.82, 2.24) is 24.7 Å². The van der Waals surface area contributed by atoms with Crippen LogP contribution >= 0.6 is 0 Å². The van der Waals surface area contributed by atoms with Crippen LogP contribution in [0.3, 0.4) is 0 Å². The summed E-state index contributed by atoms with van der Waals surface area (Å²) in [6, 6.07) is 0. The number of aromatic nitrogens is 2. The first-order valence-electron chi connectivity index (χ1n) is 6.91. The highest BCUT2D eigenvalue weighted by Crippen LogP contribution is 2.21. The number of piperazine rings is 1. The molecule has 7 nitrogen and oxygen atoms in total. The van der Waals surface area contributed by atoms with E-state index in [1.54, 1.807) is 7.05 Å². The zero-order valence-electron chi connectivity index (χ0n) is 12.3. The minimum Gasteiger partial charge on any atom is -0.316 e. The van der Waals surface area contributed by atoms with Gasteiger partial charge in [0.2, 0.25) is 0 Å². The van der Waals surface area contributed by atoms with Gasteiger partial charge in [-0.3, -0.25) is 5.10 Å². The Bertz CT molecular complexity index is 546. The van der Waals surface area contributed by atoms with Crippen molar-refractivity contribution >= 4 is 10.0 Å². The molecule has 0 aliphatic carbocycles. The van der Waals surface area contributed by atoms with E-state index < -0.39 is 10.0 Å². The van der Waals surface area contributed by atoms with Gasteiger partial charge in [-0.2, -0.15) is 9.40 Å². The maximum absolute atomic E-state index is 12.7. The molecule has 2 N–H and O–H groups in total. The third-order valence-electron chi connectivity index (χ3n) is 3.75. The third kappa shape index (κ3) is 2.88. The smallest absolute Gasteiger partial charge is 0.262 e. The third-order valence-corrected chi connectivity index (χ3v) is 5.62. The van der Waals surface area contributed by atoms with Gasteiger partial charge in [-0.05, 0) is 20.5 Å². The number of rotatable bonds is 5. The van der Waals surface area contributed by atoms with Crippen molar-refractivity contribution in [3.63, 3.8) is 0 Å². The number of aryl methyl sites for hydroxylation is 1. The minimum absolute atomic E-state index is 0.161. The van der Waals surface area contributed by atoms with E-state index >= 15 is 0 Å². The highest BCUT2D eigenvalue weighted by Gasteiger charge is 2.32. The van der Waals surface area contributed by atoms with Crippen molar-refractivity contribution in [3.05, 3.63) is 11.3 Å². The Balaban J connectivity index is 2.23. The molecular formula is C12H23N5O2S. The van der Waals surface area contributed by atoms with Gasteiger partial charge in [0.1, 0.15) is 0 Å². The summed E-state index contributed by atoms with van der Waals surface area (Å²) >= 11 is 0. The molecule has 0 aromatic carbocycles. The largest absolute Gasteiger partial charge is 0.316 e. The number of hydrogen-bond acceptors (Lipinski definition) is 5. The first-order chi connectivity index (χ1) is 9.50. The van der Waals surface area contributed by atoms with E-state index in [0.717, 1.165) is 30.9 Å². The van der Waals surface area contributed by atoms with Crippen LogP contribution in [0.25, 0.3) is 0 Å². The fourth-order valence-corrected chi connectivity index (χ4v) is 4.02. The number of nitrogens with one attached hydrogen (secondary N) is 2. The SMILES string of the molecule is CCN1CCN(S(=O)(=O)c2n[nH]c(C)c2CNC)CC1. The van der Waals surface area contributed by atoms with Gasteiger partial charge in [-0.15, -0.1) is 0 Å². The van der Waals surface area contributed by atoms with Gasteiger partial charge in [-0.25, -0.2) is 8.42 Å². The standard InChI is InChI=1S/C12H23N5O2S/c1-4-16-5-7-17(8-6-16)20(18,19)12-11(9-13-3)10(2)14-15-12/h13H,4-9H2,1-3H3,(H,14,15).